The van der Waals surface area contributed by atoms with Gasteiger partial charge in [-0.15, -0.1) is 0 Å². The first-order chi connectivity index (χ1) is 14.6. The van der Waals surface area contributed by atoms with Crippen molar-refractivity contribution in [3.63, 3.8) is 0 Å². The van der Waals surface area contributed by atoms with Gasteiger partial charge in [0.05, 0.1) is 37.1 Å². The van der Waals surface area contributed by atoms with E-state index in [0.717, 1.165) is 17.0 Å². The van der Waals surface area contributed by atoms with Crippen molar-refractivity contribution in [3.05, 3.63) is 70.3 Å². The Morgan fingerprint density at radius 2 is 1.84 bits per heavy atom. The second-order valence-corrected chi connectivity index (χ2v) is 6.81. The maximum atomic E-state index is 13.9. The molecule has 1 fully saturated rings. The van der Waals surface area contributed by atoms with Crippen molar-refractivity contribution in [3.8, 4) is 0 Å². The number of amides is 1. The second-order valence-electron chi connectivity index (χ2n) is 6.81. The van der Waals surface area contributed by atoms with Gasteiger partial charge < -0.3 is 14.4 Å². The van der Waals surface area contributed by atoms with E-state index in [-0.39, 0.29) is 44.5 Å². The highest BCUT2D eigenvalue weighted by atomic mass is 19.4. The molecular weight excluding hydrogens is 435 g/mol. The molecule has 1 aliphatic heterocycles. The third kappa shape index (κ3) is 5.34. The lowest BCUT2D eigenvalue weighted by Gasteiger charge is -2.33. The quantitative estimate of drug-likeness (QED) is 0.386. The Hall–Kier alpha value is -2.66. The molecule has 2 aromatic carbocycles. The van der Waals surface area contributed by atoms with E-state index in [1.54, 1.807) is 0 Å². The Kier molecular flexibility index (Phi) is 6.85. The van der Waals surface area contributed by atoms with Gasteiger partial charge >= 0.3 is 6.18 Å². The second kappa shape index (κ2) is 9.23. The molecular formula is C20H16F7NO3. The maximum absolute atomic E-state index is 13.9. The molecule has 0 aliphatic carbocycles. The van der Waals surface area contributed by atoms with Gasteiger partial charge in [-0.25, -0.2) is 17.6 Å². The summed E-state index contributed by atoms with van der Waals surface area (Å²) in [5.74, 6) is -8.65. The SMILES string of the molecule is O=C(c1cc(F)c(F)c(F)c1F)N1CCO[C@@H](COCc2cccc(C(F)(F)F)c2)C1. The van der Waals surface area contributed by atoms with Crippen molar-refractivity contribution in [1.29, 1.82) is 0 Å². The number of hydrogen-bond donors (Lipinski definition) is 0. The Morgan fingerprint density at radius 1 is 1.10 bits per heavy atom. The van der Waals surface area contributed by atoms with E-state index in [2.05, 4.69) is 0 Å². The number of morpholine rings is 1. The minimum absolute atomic E-state index is 0.0109. The number of nitrogens with zero attached hydrogens (tertiary/aromatic N) is 1. The molecule has 1 amide bonds. The highest BCUT2D eigenvalue weighted by Crippen LogP contribution is 2.29. The minimum Gasteiger partial charge on any atom is -0.374 e. The zero-order chi connectivity index (χ0) is 22.8. The van der Waals surface area contributed by atoms with Gasteiger partial charge in [0.25, 0.3) is 5.91 Å². The molecule has 31 heavy (non-hydrogen) atoms. The summed E-state index contributed by atoms with van der Waals surface area (Å²) in [6.07, 6.45) is -5.19. The summed E-state index contributed by atoms with van der Waals surface area (Å²) < 4.78 is 103. The van der Waals surface area contributed by atoms with E-state index in [1.807, 2.05) is 0 Å². The van der Waals surface area contributed by atoms with E-state index < -0.39 is 52.6 Å². The van der Waals surface area contributed by atoms with Gasteiger partial charge in [-0.05, 0) is 23.8 Å². The molecule has 0 bridgehead atoms. The van der Waals surface area contributed by atoms with Crippen molar-refractivity contribution in [2.75, 3.05) is 26.3 Å². The first-order valence-corrected chi connectivity index (χ1v) is 9.05. The van der Waals surface area contributed by atoms with Crippen LogP contribution in [0.1, 0.15) is 21.5 Å². The number of carbonyl (C=O) groups is 1. The van der Waals surface area contributed by atoms with Gasteiger partial charge in [-0.3, -0.25) is 4.79 Å². The fourth-order valence-corrected chi connectivity index (χ4v) is 3.05. The number of carbonyl (C=O) groups excluding carboxylic acids is 1. The molecule has 1 atom stereocenters. The molecule has 1 saturated heterocycles. The molecule has 0 unspecified atom stereocenters. The predicted octanol–water partition coefficient (Wildman–Crippen LogP) is 4.32. The lowest BCUT2D eigenvalue weighted by atomic mass is 10.1. The van der Waals surface area contributed by atoms with E-state index in [1.165, 1.54) is 12.1 Å². The van der Waals surface area contributed by atoms with Gasteiger partial charge in [0.2, 0.25) is 0 Å². The Bertz CT molecular complexity index is 965. The van der Waals surface area contributed by atoms with Crippen LogP contribution < -0.4 is 0 Å². The fourth-order valence-electron chi connectivity index (χ4n) is 3.05. The van der Waals surface area contributed by atoms with Crippen LogP contribution in [0.3, 0.4) is 0 Å². The number of rotatable bonds is 5. The van der Waals surface area contributed by atoms with Gasteiger partial charge in [0.1, 0.15) is 0 Å². The molecule has 0 spiro atoms. The summed E-state index contributed by atoms with van der Waals surface area (Å²) in [6, 6.07) is 4.85. The smallest absolute Gasteiger partial charge is 0.374 e. The zero-order valence-corrected chi connectivity index (χ0v) is 15.8. The first-order valence-electron chi connectivity index (χ1n) is 9.05. The fraction of sp³-hybridized carbons (Fsp3) is 0.350. The maximum Gasteiger partial charge on any atom is 0.416 e. The number of ether oxygens (including phenoxy) is 2. The van der Waals surface area contributed by atoms with Gasteiger partial charge in [0.15, 0.2) is 23.3 Å². The summed E-state index contributed by atoms with van der Waals surface area (Å²) in [5, 5.41) is 0. The van der Waals surface area contributed by atoms with Crippen molar-refractivity contribution < 1.29 is 45.0 Å². The van der Waals surface area contributed by atoms with Gasteiger partial charge in [0, 0.05) is 13.1 Å². The molecule has 0 saturated carbocycles. The third-order valence-electron chi connectivity index (χ3n) is 4.59. The number of benzene rings is 2. The van der Waals surface area contributed by atoms with E-state index in [4.69, 9.17) is 9.47 Å². The topological polar surface area (TPSA) is 38.8 Å². The Labute approximate surface area is 172 Å². The van der Waals surface area contributed by atoms with E-state index >= 15 is 0 Å². The van der Waals surface area contributed by atoms with Crippen molar-refractivity contribution >= 4 is 5.91 Å². The van der Waals surface area contributed by atoms with Crippen LogP contribution >= 0.6 is 0 Å². The lowest BCUT2D eigenvalue weighted by molar-refractivity contribution is -0.137. The molecule has 1 heterocycles. The molecule has 0 aromatic heterocycles. The van der Waals surface area contributed by atoms with Crippen LogP contribution in [0.4, 0.5) is 30.7 Å². The average Bonchev–Trinajstić information content (AvgIpc) is 2.74. The summed E-state index contributed by atoms with van der Waals surface area (Å²) in [5.41, 5.74) is -1.50. The number of halogens is 7. The van der Waals surface area contributed by atoms with E-state index in [9.17, 15) is 35.5 Å². The average molecular weight is 451 g/mol. The van der Waals surface area contributed by atoms with Crippen LogP contribution in [0, 0.1) is 23.3 Å². The summed E-state index contributed by atoms with van der Waals surface area (Å²) in [6.45, 7) is -0.378. The third-order valence-corrected chi connectivity index (χ3v) is 4.59. The van der Waals surface area contributed by atoms with Crippen LogP contribution in [0.2, 0.25) is 0 Å². The molecule has 0 radical (unpaired) electrons. The summed E-state index contributed by atoms with van der Waals surface area (Å²) >= 11 is 0. The highest BCUT2D eigenvalue weighted by molar-refractivity contribution is 5.94. The standard InChI is InChI=1S/C20H16F7NO3/c21-15-7-14(16(22)18(24)17(15)23)19(29)28-4-5-31-13(8-28)10-30-9-11-2-1-3-12(6-11)20(25,26)27/h1-3,6-7,13H,4-5,8-10H2/t13-/m1/s1. The molecule has 4 nitrogen and oxygen atoms in total. The largest absolute Gasteiger partial charge is 0.416 e. The lowest BCUT2D eigenvalue weighted by Crippen LogP contribution is -2.47. The molecule has 2 aromatic rings. The van der Waals surface area contributed by atoms with Crippen LogP contribution in [-0.2, 0) is 22.3 Å². The molecule has 0 N–H and O–H groups in total. The Balaban J connectivity index is 1.60. The molecule has 1 aliphatic rings. The van der Waals surface area contributed by atoms with Crippen LogP contribution in [0.15, 0.2) is 30.3 Å². The predicted molar refractivity (Wildman–Crippen MR) is 93.0 cm³/mol. The van der Waals surface area contributed by atoms with Gasteiger partial charge in [-0.1, -0.05) is 12.1 Å². The van der Waals surface area contributed by atoms with E-state index in [0.29, 0.717) is 0 Å². The zero-order valence-electron chi connectivity index (χ0n) is 15.8. The molecule has 168 valence electrons. The van der Waals surface area contributed by atoms with Crippen molar-refractivity contribution in [2.24, 2.45) is 0 Å². The molecule has 11 heteroatoms. The van der Waals surface area contributed by atoms with Crippen LogP contribution in [0.5, 0.6) is 0 Å². The number of alkyl halides is 3. The minimum atomic E-state index is -4.49. The van der Waals surface area contributed by atoms with Crippen LogP contribution in [-0.4, -0.2) is 43.2 Å². The van der Waals surface area contributed by atoms with Crippen molar-refractivity contribution in [2.45, 2.75) is 18.9 Å². The Morgan fingerprint density at radius 3 is 2.55 bits per heavy atom. The monoisotopic (exact) mass is 451 g/mol. The number of hydrogen-bond acceptors (Lipinski definition) is 3. The summed E-state index contributed by atoms with van der Waals surface area (Å²) in [4.78, 5) is 13.5. The summed E-state index contributed by atoms with van der Waals surface area (Å²) in [7, 11) is 0. The molecule has 3 rings (SSSR count). The first kappa shape index (κ1) is 23.0. The van der Waals surface area contributed by atoms with Crippen LogP contribution in [0.25, 0.3) is 0 Å². The van der Waals surface area contributed by atoms with Gasteiger partial charge in [-0.2, -0.15) is 13.2 Å². The normalized spacial score (nSPS) is 17.1. The highest BCUT2D eigenvalue weighted by Gasteiger charge is 2.31. The van der Waals surface area contributed by atoms with Crippen molar-refractivity contribution in [1.82, 2.24) is 4.90 Å².